The predicted molar refractivity (Wildman–Crippen MR) is 93.4 cm³/mol. The van der Waals surface area contributed by atoms with Gasteiger partial charge in [-0.2, -0.15) is 0 Å². The summed E-state index contributed by atoms with van der Waals surface area (Å²) < 4.78 is 13.6. The Balaban J connectivity index is 1.89. The molecule has 4 nitrogen and oxygen atoms in total. The van der Waals surface area contributed by atoms with Gasteiger partial charge < -0.3 is 4.90 Å². The molecule has 1 aromatic rings. The summed E-state index contributed by atoms with van der Waals surface area (Å²) in [5.74, 6) is 0. The Hall–Kier alpha value is -1.85. The van der Waals surface area contributed by atoms with E-state index in [0.29, 0.717) is 13.0 Å². The fraction of sp³-hybridized carbons (Fsp3) is 0.444. The first-order chi connectivity index (χ1) is 11.2. The molecular formula is C18H23FN4. The molecule has 1 fully saturated rings. The lowest BCUT2D eigenvalue weighted by Gasteiger charge is -2.22. The molecule has 0 aromatic heterocycles. The SMILES string of the molecule is C=N/C=C1/CCN(F)CC1=Nc1ccc2c(c1)CCN(C)CC2. The van der Waals surface area contributed by atoms with E-state index in [1.165, 1.54) is 11.1 Å². The molecule has 2 aliphatic heterocycles. The maximum atomic E-state index is 13.6. The summed E-state index contributed by atoms with van der Waals surface area (Å²) in [5.41, 5.74) is 5.38. The van der Waals surface area contributed by atoms with E-state index < -0.39 is 0 Å². The fourth-order valence-corrected chi connectivity index (χ4v) is 3.13. The molecule has 0 unspecified atom stereocenters. The molecule has 2 aliphatic rings. The highest BCUT2D eigenvalue weighted by molar-refractivity contribution is 6.03. The second-order valence-electron chi connectivity index (χ2n) is 6.25. The third kappa shape index (κ3) is 3.92. The Bertz CT molecular complexity index is 650. The molecular weight excluding hydrogens is 291 g/mol. The van der Waals surface area contributed by atoms with E-state index in [4.69, 9.17) is 4.99 Å². The minimum Gasteiger partial charge on any atom is -0.306 e. The zero-order valence-electron chi connectivity index (χ0n) is 13.6. The number of hydrogen-bond donors (Lipinski definition) is 0. The van der Waals surface area contributed by atoms with Gasteiger partial charge in [-0.25, -0.2) is 0 Å². The third-order valence-corrected chi connectivity index (χ3v) is 4.54. The summed E-state index contributed by atoms with van der Waals surface area (Å²) in [4.78, 5) is 10.9. The second-order valence-corrected chi connectivity index (χ2v) is 6.25. The first-order valence-corrected chi connectivity index (χ1v) is 8.09. The van der Waals surface area contributed by atoms with Gasteiger partial charge in [0.2, 0.25) is 0 Å². The number of aliphatic imine (C=N–C) groups is 2. The van der Waals surface area contributed by atoms with E-state index in [2.05, 4.69) is 35.8 Å². The van der Waals surface area contributed by atoms with Crippen molar-refractivity contribution in [3.63, 3.8) is 0 Å². The Labute approximate surface area is 137 Å². The van der Waals surface area contributed by atoms with Gasteiger partial charge in [-0.3, -0.25) is 9.98 Å². The number of nitrogens with zero attached hydrogens (tertiary/aromatic N) is 4. The molecule has 0 aliphatic carbocycles. The van der Waals surface area contributed by atoms with E-state index in [0.717, 1.165) is 48.0 Å². The van der Waals surface area contributed by atoms with Crippen LogP contribution in [0.4, 0.5) is 10.2 Å². The van der Waals surface area contributed by atoms with Gasteiger partial charge in [0, 0.05) is 25.8 Å². The van der Waals surface area contributed by atoms with Gasteiger partial charge in [-0.05, 0) is 61.9 Å². The Morgan fingerprint density at radius 1 is 1.13 bits per heavy atom. The number of hydrogen-bond acceptors (Lipinski definition) is 4. The Morgan fingerprint density at radius 2 is 1.91 bits per heavy atom. The molecule has 122 valence electrons. The van der Waals surface area contributed by atoms with E-state index in [1.807, 2.05) is 6.07 Å². The molecule has 23 heavy (non-hydrogen) atoms. The monoisotopic (exact) mass is 314 g/mol. The van der Waals surface area contributed by atoms with Crippen LogP contribution in [0.15, 0.2) is 40.0 Å². The lowest BCUT2D eigenvalue weighted by molar-refractivity contribution is 0.0423. The normalized spacial score (nSPS) is 23.7. The third-order valence-electron chi connectivity index (χ3n) is 4.54. The minimum absolute atomic E-state index is 0.209. The maximum absolute atomic E-state index is 13.6. The van der Waals surface area contributed by atoms with Crippen molar-refractivity contribution in [1.82, 2.24) is 10.0 Å². The van der Waals surface area contributed by atoms with Crippen LogP contribution in [0.2, 0.25) is 0 Å². The molecule has 3 rings (SSSR count). The van der Waals surface area contributed by atoms with Crippen molar-refractivity contribution in [1.29, 1.82) is 0 Å². The second kappa shape index (κ2) is 7.15. The van der Waals surface area contributed by atoms with Crippen LogP contribution in [0.25, 0.3) is 0 Å². The van der Waals surface area contributed by atoms with Crippen LogP contribution in [-0.2, 0) is 12.8 Å². The van der Waals surface area contributed by atoms with Gasteiger partial charge in [-0.1, -0.05) is 6.07 Å². The molecule has 1 aromatic carbocycles. The van der Waals surface area contributed by atoms with Crippen LogP contribution in [-0.4, -0.2) is 55.7 Å². The van der Waals surface area contributed by atoms with Crippen LogP contribution in [0.1, 0.15) is 17.5 Å². The van der Waals surface area contributed by atoms with Gasteiger partial charge in [0.15, 0.2) is 0 Å². The van der Waals surface area contributed by atoms with Crippen molar-refractivity contribution in [2.75, 3.05) is 33.2 Å². The zero-order chi connectivity index (χ0) is 16.2. The van der Waals surface area contributed by atoms with Crippen molar-refractivity contribution in [3.05, 3.63) is 41.1 Å². The predicted octanol–water partition coefficient (Wildman–Crippen LogP) is 2.96. The number of piperidine rings is 1. The van der Waals surface area contributed by atoms with Crippen LogP contribution >= 0.6 is 0 Å². The quantitative estimate of drug-likeness (QED) is 0.621. The van der Waals surface area contributed by atoms with Gasteiger partial charge in [0.1, 0.15) is 0 Å². The molecule has 0 radical (unpaired) electrons. The fourth-order valence-electron chi connectivity index (χ4n) is 3.13. The largest absolute Gasteiger partial charge is 0.306 e. The number of halogens is 1. The van der Waals surface area contributed by atoms with Crippen molar-refractivity contribution >= 4 is 18.1 Å². The topological polar surface area (TPSA) is 31.2 Å². The summed E-state index contributed by atoms with van der Waals surface area (Å²) in [5, 5.41) is 0.803. The first kappa shape index (κ1) is 16.0. The van der Waals surface area contributed by atoms with Crippen molar-refractivity contribution in [2.45, 2.75) is 19.3 Å². The van der Waals surface area contributed by atoms with Gasteiger partial charge in [0.25, 0.3) is 0 Å². The van der Waals surface area contributed by atoms with Crippen LogP contribution in [0.5, 0.6) is 0 Å². The molecule has 0 N–H and O–H groups in total. The van der Waals surface area contributed by atoms with Gasteiger partial charge >= 0.3 is 0 Å². The highest BCUT2D eigenvalue weighted by atomic mass is 19.2. The van der Waals surface area contributed by atoms with Crippen LogP contribution in [0, 0.1) is 0 Å². The summed E-state index contributed by atoms with van der Waals surface area (Å²) >= 11 is 0. The minimum atomic E-state index is 0.209. The molecule has 0 atom stereocenters. The first-order valence-electron chi connectivity index (χ1n) is 8.09. The Morgan fingerprint density at radius 3 is 2.70 bits per heavy atom. The maximum Gasteiger partial charge on any atom is 0.0717 e. The summed E-state index contributed by atoms with van der Waals surface area (Å²) in [6.07, 6.45) is 4.43. The number of fused-ring (bicyclic) bond motifs is 1. The Kier molecular flexibility index (Phi) is 4.98. The highest BCUT2D eigenvalue weighted by Crippen LogP contribution is 2.24. The molecule has 0 bridgehead atoms. The van der Waals surface area contributed by atoms with Crippen molar-refractivity contribution in [3.8, 4) is 0 Å². The summed E-state index contributed by atoms with van der Waals surface area (Å²) in [6.45, 7) is 6.25. The van der Waals surface area contributed by atoms with Crippen molar-refractivity contribution < 1.29 is 4.48 Å². The number of rotatable bonds is 2. The average Bonchev–Trinajstić information content (AvgIpc) is 2.72. The van der Waals surface area contributed by atoms with E-state index in [1.54, 1.807) is 6.20 Å². The lowest BCUT2D eigenvalue weighted by atomic mass is 10.0. The molecule has 0 saturated carbocycles. The summed E-state index contributed by atoms with van der Waals surface area (Å²) in [6, 6.07) is 6.35. The van der Waals surface area contributed by atoms with Crippen molar-refractivity contribution in [2.24, 2.45) is 9.98 Å². The highest BCUT2D eigenvalue weighted by Gasteiger charge is 2.20. The van der Waals surface area contributed by atoms with Gasteiger partial charge in [0.05, 0.1) is 17.9 Å². The standard InChI is InChI=1S/C18H23FN4/c1-20-12-16-7-10-23(19)13-18(16)21-17-4-3-14-5-8-22(2)9-6-15(14)11-17/h3-4,11-12H,1,5-10,13H2,2H3/b16-12-,21-18?. The smallest absolute Gasteiger partial charge is 0.0717 e. The van der Waals surface area contributed by atoms with Crippen LogP contribution < -0.4 is 0 Å². The molecule has 0 amide bonds. The van der Waals surface area contributed by atoms with E-state index in [-0.39, 0.29) is 6.54 Å². The number of likely N-dealkylation sites (N-methyl/N-ethyl adjacent to an activating group) is 1. The van der Waals surface area contributed by atoms with Gasteiger partial charge in [-0.15, -0.1) is 9.60 Å². The van der Waals surface area contributed by atoms with Crippen LogP contribution in [0.3, 0.4) is 0 Å². The number of benzene rings is 1. The zero-order valence-corrected chi connectivity index (χ0v) is 13.6. The average molecular weight is 314 g/mol. The lowest BCUT2D eigenvalue weighted by Crippen LogP contribution is -2.31. The molecule has 5 heteroatoms. The molecule has 1 saturated heterocycles. The molecule has 0 spiro atoms. The van der Waals surface area contributed by atoms with E-state index in [9.17, 15) is 4.48 Å². The summed E-state index contributed by atoms with van der Waals surface area (Å²) in [7, 11) is 2.16. The van der Waals surface area contributed by atoms with E-state index >= 15 is 0 Å². The molecule has 2 heterocycles.